The van der Waals surface area contributed by atoms with Crippen molar-refractivity contribution in [3.05, 3.63) is 0 Å². The summed E-state index contributed by atoms with van der Waals surface area (Å²) in [6, 6.07) is 0. The van der Waals surface area contributed by atoms with Crippen LogP contribution in [0.25, 0.3) is 0 Å². The van der Waals surface area contributed by atoms with Crippen molar-refractivity contribution in [3.8, 4) is 0 Å². The maximum Gasteiger partial charge on any atom is 0.248 e. The first-order chi connectivity index (χ1) is 6.86. The van der Waals surface area contributed by atoms with Crippen LogP contribution < -0.4 is 0 Å². The van der Waals surface area contributed by atoms with Crippen molar-refractivity contribution in [2.45, 2.75) is 38.2 Å². The van der Waals surface area contributed by atoms with Crippen molar-refractivity contribution in [1.82, 2.24) is 5.06 Å². The van der Waals surface area contributed by atoms with Gasteiger partial charge in [0, 0.05) is 13.2 Å². The third-order valence-corrected chi connectivity index (χ3v) is 2.71. The average molecular weight is 199 g/mol. The van der Waals surface area contributed by atoms with E-state index >= 15 is 0 Å². The number of amides is 1. The first-order valence-electron chi connectivity index (χ1n) is 5.41. The van der Waals surface area contributed by atoms with Gasteiger partial charge < -0.3 is 4.74 Å². The first-order valence-corrected chi connectivity index (χ1v) is 5.41. The lowest BCUT2D eigenvalue weighted by Gasteiger charge is -2.26. The molecule has 0 N–H and O–H groups in total. The Bertz CT molecular complexity index is 196. The van der Waals surface area contributed by atoms with E-state index in [9.17, 15) is 4.79 Å². The summed E-state index contributed by atoms with van der Waals surface area (Å²) in [5.74, 6) is 0.0802. The van der Waals surface area contributed by atoms with Crippen molar-refractivity contribution in [2.75, 3.05) is 19.8 Å². The van der Waals surface area contributed by atoms with Crippen molar-refractivity contribution in [1.29, 1.82) is 0 Å². The Morgan fingerprint density at radius 1 is 1.29 bits per heavy atom. The number of carbonyl (C=O) groups is 1. The normalized spacial score (nSPS) is 28.0. The fourth-order valence-electron chi connectivity index (χ4n) is 1.90. The molecule has 0 saturated carbocycles. The molecule has 0 spiro atoms. The number of hydroxylamine groups is 2. The van der Waals surface area contributed by atoms with Gasteiger partial charge in [-0.1, -0.05) is 0 Å². The topological polar surface area (TPSA) is 38.8 Å². The summed E-state index contributed by atoms with van der Waals surface area (Å²) in [7, 11) is 0. The maximum atomic E-state index is 11.7. The smallest absolute Gasteiger partial charge is 0.248 e. The molecule has 2 fully saturated rings. The van der Waals surface area contributed by atoms with E-state index in [1.807, 2.05) is 0 Å². The van der Waals surface area contributed by atoms with Crippen LogP contribution in [0.2, 0.25) is 0 Å². The quantitative estimate of drug-likeness (QED) is 0.668. The van der Waals surface area contributed by atoms with Gasteiger partial charge >= 0.3 is 0 Å². The molecule has 2 rings (SSSR count). The summed E-state index contributed by atoms with van der Waals surface area (Å²) >= 11 is 0. The molecule has 2 aliphatic rings. The molecule has 0 aromatic carbocycles. The molecule has 0 aliphatic carbocycles. The van der Waals surface area contributed by atoms with Crippen molar-refractivity contribution < 1.29 is 14.4 Å². The van der Waals surface area contributed by atoms with Gasteiger partial charge in [0.05, 0.1) is 19.1 Å². The Morgan fingerprint density at radius 3 is 2.86 bits per heavy atom. The van der Waals surface area contributed by atoms with Gasteiger partial charge in [0.15, 0.2) is 0 Å². The number of rotatable bonds is 2. The van der Waals surface area contributed by atoms with Crippen molar-refractivity contribution in [2.24, 2.45) is 0 Å². The summed E-state index contributed by atoms with van der Waals surface area (Å²) in [4.78, 5) is 17.0. The van der Waals surface area contributed by atoms with Gasteiger partial charge in [-0.3, -0.25) is 9.63 Å². The zero-order chi connectivity index (χ0) is 9.80. The van der Waals surface area contributed by atoms with Gasteiger partial charge in [-0.15, -0.1) is 0 Å². The highest BCUT2D eigenvalue weighted by molar-refractivity contribution is 5.75. The highest BCUT2D eigenvalue weighted by Gasteiger charge is 2.24. The molecule has 2 saturated heterocycles. The Morgan fingerprint density at radius 2 is 2.21 bits per heavy atom. The molecule has 0 aromatic heterocycles. The molecule has 2 aliphatic heterocycles. The Hall–Kier alpha value is -0.610. The van der Waals surface area contributed by atoms with Crippen LogP contribution in [-0.4, -0.2) is 36.8 Å². The minimum atomic E-state index is 0.0802. The third kappa shape index (κ3) is 2.45. The van der Waals surface area contributed by atoms with Gasteiger partial charge in [0.2, 0.25) is 5.91 Å². The average Bonchev–Trinajstić information content (AvgIpc) is 2.72. The van der Waals surface area contributed by atoms with E-state index in [0.717, 1.165) is 38.8 Å². The van der Waals surface area contributed by atoms with Gasteiger partial charge in [-0.25, -0.2) is 5.06 Å². The van der Waals surface area contributed by atoms with E-state index in [0.29, 0.717) is 13.0 Å². The molecule has 4 nitrogen and oxygen atoms in total. The molecule has 0 aromatic rings. The highest BCUT2D eigenvalue weighted by Crippen LogP contribution is 2.17. The van der Waals surface area contributed by atoms with Crippen LogP contribution in [0.4, 0.5) is 0 Å². The highest BCUT2D eigenvalue weighted by atomic mass is 16.7. The largest absolute Gasteiger partial charge is 0.378 e. The molecule has 1 unspecified atom stereocenters. The number of carbonyl (C=O) groups excluding carboxylic acids is 1. The minimum Gasteiger partial charge on any atom is -0.378 e. The van der Waals surface area contributed by atoms with E-state index in [4.69, 9.17) is 9.57 Å². The van der Waals surface area contributed by atoms with E-state index in [1.54, 1.807) is 0 Å². The number of hydrogen-bond acceptors (Lipinski definition) is 3. The molecule has 1 atom stereocenters. The molecule has 0 radical (unpaired) electrons. The SMILES string of the molecule is O=C(CC1CCCO1)N1CCCCO1. The van der Waals surface area contributed by atoms with E-state index < -0.39 is 0 Å². The number of nitrogens with zero attached hydrogens (tertiary/aromatic N) is 1. The van der Waals surface area contributed by atoms with E-state index in [-0.39, 0.29) is 12.0 Å². The van der Waals surface area contributed by atoms with Crippen LogP contribution >= 0.6 is 0 Å². The zero-order valence-electron chi connectivity index (χ0n) is 8.41. The zero-order valence-corrected chi connectivity index (χ0v) is 8.41. The van der Waals surface area contributed by atoms with Crippen LogP contribution in [0.15, 0.2) is 0 Å². The maximum absolute atomic E-state index is 11.7. The van der Waals surface area contributed by atoms with E-state index in [2.05, 4.69) is 0 Å². The Balaban J connectivity index is 1.75. The summed E-state index contributed by atoms with van der Waals surface area (Å²) < 4.78 is 5.41. The lowest BCUT2D eigenvalue weighted by molar-refractivity contribution is -0.198. The molecule has 4 heteroatoms. The third-order valence-electron chi connectivity index (χ3n) is 2.71. The number of ether oxygens (including phenoxy) is 1. The minimum absolute atomic E-state index is 0.0802. The molecule has 0 bridgehead atoms. The summed E-state index contributed by atoms with van der Waals surface area (Å²) in [6.45, 7) is 2.22. The molecule has 2 heterocycles. The Kier molecular flexibility index (Phi) is 3.37. The fourth-order valence-corrected chi connectivity index (χ4v) is 1.90. The summed E-state index contributed by atoms with van der Waals surface area (Å²) in [5.41, 5.74) is 0. The standard InChI is InChI=1S/C10H17NO3/c12-10(8-9-4-3-6-13-9)11-5-1-2-7-14-11/h9H,1-8H2. The van der Waals surface area contributed by atoms with Crippen LogP contribution in [-0.2, 0) is 14.4 Å². The van der Waals surface area contributed by atoms with Crippen LogP contribution in [0.5, 0.6) is 0 Å². The second kappa shape index (κ2) is 4.75. The molecule has 14 heavy (non-hydrogen) atoms. The fraction of sp³-hybridized carbons (Fsp3) is 0.900. The molecular weight excluding hydrogens is 182 g/mol. The number of hydrogen-bond donors (Lipinski definition) is 0. The first kappa shape index (κ1) is 9.93. The Labute approximate surface area is 84.1 Å². The lowest BCUT2D eigenvalue weighted by atomic mass is 10.1. The van der Waals surface area contributed by atoms with Crippen molar-refractivity contribution >= 4 is 5.91 Å². The van der Waals surface area contributed by atoms with Gasteiger partial charge in [0.1, 0.15) is 0 Å². The van der Waals surface area contributed by atoms with E-state index in [1.165, 1.54) is 5.06 Å². The predicted molar refractivity (Wildman–Crippen MR) is 50.5 cm³/mol. The molecule has 1 amide bonds. The second-order valence-electron chi connectivity index (χ2n) is 3.88. The summed E-state index contributed by atoms with van der Waals surface area (Å²) in [6.07, 6.45) is 4.83. The van der Waals surface area contributed by atoms with Crippen LogP contribution in [0.3, 0.4) is 0 Å². The molecular formula is C10H17NO3. The van der Waals surface area contributed by atoms with Crippen LogP contribution in [0, 0.1) is 0 Å². The lowest BCUT2D eigenvalue weighted by Crippen LogP contribution is -2.37. The van der Waals surface area contributed by atoms with Crippen molar-refractivity contribution in [3.63, 3.8) is 0 Å². The van der Waals surface area contributed by atoms with Gasteiger partial charge in [-0.05, 0) is 25.7 Å². The monoisotopic (exact) mass is 199 g/mol. The predicted octanol–water partition coefficient (Wildman–Crippen LogP) is 1.11. The van der Waals surface area contributed by atoms with Gasteiger partial charge in [-0.2, -0.15) is 0 Å². The van der Waals surface area contributed by atoms with Crippen LogP contribution in [0.1, 0.15) is 32.1 Å². The summed E-state index contributed by atoms with van der Waals surface area (Å²) in [5, 5.41) is 1.51. The second-order valence-corrected chi connectivity index (χ2v) is 3.88. The van der Waals surface area contributed by atoms with Gasteiger partial charge in [0.25, 0.3) is 0 Å². The molecule has 80 valence electrons.